The summed E-state index contributed by atoms with van der Waals surface area (Å²) < 4.78 is 5.85. The lowest BCUT2D eigenvalue weighted by molar-refractivity contribution is 0.0922. The van der Waals surface area contributed by atoms with Gasteiger partial charge in [0.1, 0.15) is 12.4 Å². The number of nitrogens with zero attached hydrogens (tertiary/aromatic N) is 1. The number of hydrogen-bond acceptors (Lipinski definition) is 3. The Labute approximate surface area is 110 Å². The van der Waals surface area contributed by atoms with Crippen LogP contribution < -0.4 is 10.5 Å². The SMILES string of the molecule is CCN(CC(C)C)C1COc2ccccc2C1N. The number of nitrogens with two attached hydrogens (primary N) is 1. The first-order chi connectivity index (χ1) is 8.63. The van der Waals surface area contributed by atoms with Gasteiger partial charge in [0.15, 0.2) is 0 Å². The number of rotatable bonds is 4. The summed E-state index contributed by atoms with van der Waals surface area (Å²) in [4.78, 5) is 2.44. The Balaban J connectivity index is 2.17. The summed E-state index contributed by atoms with van der Waals surface area (Å²) in [5.41, 5.74) is 7.56. The van der Waals surface area contributed by atoms with Gasteiger partial charge in [0.25, 0.3) is 0 Å². The highest BCUT2D eigenvalue weighted by Crippen LogP contribution is 2.32. The number of ether oxygens (including phenoxy) is 1. The molecule has 1 aliphatic rings. The number of hydrogen-bond donors (Lipinski definition) is 1. The summed E-state index contributed by atoms with van der Waals surface area (Å²) in [6, 6.07) is 8.45. The lowest BCUT2D eigenvalue weighted by atomic mass is 9.95. The van der Waals surface area contributed by atoms with Crippen molar-refractivity contribution in [3.8, 4) is 5.75 Å². The maximum Gasteiger partial charge on any atom is 0.124 e. The van der Waals surface area contributed by atoms with E-state index in [0.29, 0.717) is 12.5 Å². The number of para-hydroxylation sites is 1. The molecule has 1 aromatic carbocycles. The van der Waals surface area contributed by atoms with Crippen LogP contribution in [0.15, 0.2) is 24.3 Å². The van der Waals surface area contributed by atoms with Gasteiger partial charge in [-0.25, -0.2) is 0 Å². The average Bonchev–Trinajstić information content (AvgIpc) is 2.37. The standard InChI is InChI=1S/C15H24N2O/c1-4-17(9-11(2)3)13-10-18-14-8-6-5-7-12(14)15(13)16/h5-8,11,13,15H,4,9-10,16H2,1-3H3. The summed E-state index contributed by atoms with van der Waals surface area (Å²) >= 11 is 0. The van der Waals surface area contributed by atoms with E-state index in [-0.39, 0.29) is 12.1 Å². The van der Waals surface area contributed by atoms with Gasteiger partial charge < -0.3 is 10.5 Å². The molecule has 2 unspecified atom stereocenters. The van der Waals surface area contributed by atoms with E-state index in [2.05, 4.69) is 31.7 Å². The molecular formula is C15H24N2O. The van der Waals surface area contributed by atoms with Gasteiger partial charge in [-0.3, -0.25) is 4.90 Å². The minimum absolute atomic E-state index is 0.0497. The molecule has 3 nitrogen and oxygen atoms in total. The summed E-state index contributed by atoms with van der Waals surface area (Å²) in [5, 5.41) is 0. The van der Waals surface area contributed by atoms with Crippen molar-refractivity contribution in [1.82, 2.24) is 4.90 Å². The normalized spacial score (nSPS) is 23.0. The Hall–Kier alpha value is -1.06. The van der Waals surface area contributed by atoms with Crippen molar-refractivity contribution in [3.05, 3.63) is 29.8 Å². The monoisotopic (exact) mass is 248 g/mol. The first kappa shape index (κ1) is 13.4. The van der Waals surface area contributed by atoms with Crippen LogP contribution in [0.1, 0.15) is 32.4 Å². The fraction of sp³-hybridized carbons (Fsp3) is 0.600. The molecule has 0 spiro atoms. The van der Waals surface area contributed by atoms with Gasteiger partial charge in [0.2, 0.25) is 0 Å². The highest BCUT2D eigenvalue weighted by Gasteiger charge is 2.31. The highest BCUT2D eigenvalue weighted by atomic mass is 16.5. The van der Waals surface area contributed by atoms with E-state index in [0.717, 1.165) is 24.4 Å². The van der Waals surface area contributed by atoms with Crippen LogP contribution >= 0.6 is 0 Å². The van der Waals surface area contributed by atoms with Gasteiger partial charge in [-0.2, -0.15) is 0 Å². The lowest BCUT2D eigenvalue weighted by Crippen LogP contribution is -2.49. The van der Waals surface area contributed by atoms with E-state index < -0.39 is 0 Å². The molecule has 0 fully saturated rings. The second kappa shape index (κ2) is 5.72. The summed E-state index contributed by atoms with van der Waals surface area (Å²) in [6.07, 6.45) is 0. The van der Waals surface area contributed by atoms with E-state index in [1.54, 1.807) is 0 Å². The van der Waals surface area contributed by atoms with Gasteiger partial charge in [0, 0.05) is 12.1 Å². The minimum atomic E-state index is 0.0497. The van der Waals surface area contributed by atoms with Crippen molar-refractivity contribution < 1.29 is 4.74 Å². The zero-order valence-corrected chi connectivity index (χ0v) is 11.6. The van der Waals surface area contributed by atoms with Crippen LogP contribution in [0.2, 0.25) is 0 Å². The number of fused-ring (bicyclic) bond motifs is 1. The first-order valence-electron chi connectivity index (χ1n) is 6.84. The molecule has 0 radical (unpaired) electrons. The first-order valence-corrected chi connectivity index (χ1v) is 6.84. The predicted molar refractivity (Wildman–Crippen MR) is 74.7 cm³/mol. The Kier molecular flexibility index (Phi) is 4.25. The van der Waals surface area contributed by atoms with Crippen molar-refractivity contribution >= 4 is 0 Å². The topological polar surface area (TPSA) is 38.5 Å². The molecule has 0 bridgehead atoms. The third kappa shape index (κ3) is 2.68. The van der Waals surface area contributed by atoms with Crippen molar-refractivity contribution in [2.75, 3.05) is 19.7 Å². The molecule has 1 aliphatic heterocycles. The van der Waals surface area contributed by atoms with Gasteiger partial charge in [-0.1, -0.05) is 39.0 Å². The van der Waals surface area contributed by atoms with Gasteiger partial charge >= 0.3 is 0 Å². The molecule has 3 heteroatoms. The molecule has 18 heavy (non-hydrogen) atoms. The molecule has 0 saturated carbocycles. The molecule has 2 atom stereocenters. The molecular weight excluding hydrogens is 224 g/mol. The minimum Gasteiger partial charge on any atom is -0.492 e. The van der Waals surface area contributed by atoms with Crippen molar-refractivity contribution in [2.24, 2.45) is 11.7 Å². The van der Waals surface area contributed by atoms with Crippen molar-refractivity contribution in [3.63, 3.8) is 0 Å². The smallest absolute Gasteiger partial charge is 0.124 e. The molecule has 0 saturated heterocycles. The molecule has 0 aliphatic carbocycles. The largest absolute Gasteiger partial charge is 0.492 e. The van der Waals surface area contributed by atoms with E-state index >= 15 is 0 Å². The molecule has 1 heterocycles. The van der Waals surface area contributed by atoms with Gasteiger partial charge in [-0.15, -0.1) is 0 Å². The van der Waals surface area contributed by atoms with Crippen molar-refractivity contribution in [1.29, 1.82) is 0 Å². The zero-order chi connectivity index (χ0) is 13.1. The third-order valence-corrected chi connectivity index (χ3v) is 3.58. The van der Waals surface area contributed by atoms with Crippen LogP contribution in [0.5, 0.6) is 5.75 Å². The molecule has 0 amide bonds. The summed E-state index contributed by atoms with van der Waals surface area (Å²) in [5.74, 6) is 1.59. The van der Waals surface area contributed by atoms with Gasteiger partial charge in [-0.05, 0) is 18.5 Å². The van der Waals surface area contributed by atoms with Crippen molar-refractivity contribution in [2.45, 2.75) is 32.9 Å². The molecule has 100 valence electrons. The molecule has 2 N–H and O–H groups in total. The Morgan fingerprint density at radius 1 is 1.39 bits per heavy atom. The maximum absolute atomic E-state index is 6.42. The predicted octanol–water partition coefficient (Wildman–Crippen LogP) is 2.43. The van der Waals surface area contributed by atoms with Crippen LogP contribution in [0.3, 0.4) is 0 Å². The van der Waals surface area contributed by atoms with E-state index in [9.17, 15) is 0 Å². The van der Waals surface area contributed by atoms with Crippen LogP contribution in [-0.2, 0) is 0 Å². The second-order valence-corrected chi connectivity index (χ2v) is 5.42. The summed E-state index contributed by atoms with van der Waals surface area (Å²) in [6.45, 7) is 9.45. The van der Waals surface area contributed by atoms with Gasteiger partial charge in [0.05, 0.1) is 12.1 Å². The van der Waals surface area contributed by atoms with Crippen LogP contribution in [-0.4, -0.2) is 30.6 Å². The van der Waals surface area contributed by atoms with Crippen LogP contribution in [0.25, 0.3) is 0 Å². The summed E-state index contributed by atoms with van der Waals surface area (Å²) in [7, 11) is 0. The Morgan fingerprint density at radius 2 is 2.11 bits per heavy atom. The Bertz CT molecular complexity index is 392. The fourth-order valence-corrected chi connectivity index (χ4v) is 2.67. The van der Waals surface area contributed by atoms with E-state index in [4.69, 9.17) is 10.5 Å². The highest BCUT2D eigenvalue weighted by molar-refractivity contribution is 5.38. The van der Waals surface area contributed by atoms with E-state index in [1.807, 2.05) is 18.2 Å². The molecule has 1 aromatic rings. The molecule has 2 rings (SSSR count). The number of benzene rings is 1. The van der Waals surface area contributed by atoms with E-state index in [1.165, 1.54) is 0 Å². The van der Waals surface area contributed by atoms with Crippen LogP contribution in [0.4, 0.5) is 0 Å². The lowest BCUT2D eigenvalue weighted by Gasteiger charge is -2.39. The third-order valence-electron chi connectivity index (χ3n) is 3.58. The molecule has 0 aromatic heterocycles. The Morgan fingerprint density at radius 3 is 2.78 bits per heavy atom. The maximum atomic E-state index is 6.42. The average molecular weight is 248 g/mol. The second-order valence-electron chi connectivity index (χ2n) is 5.42. The number of likely N-dealkylation sites (N-methyl/N-ethyl adjacent to an activating group) is 1. The quantitative estimate of drug-likeness (QED) is 0.889. The zero-order valence-electron chi connectivity index (χ0n) is 11.6. The fourth-order valence-electron chi connectivity index (χ4n) is 2.67. The van der Waals surface area contributed by atoms with Crippen LogP contribution in [0, 0.1) is 5.92 Å².